The lowest BCUT2D eigenvalue weighted by Gasteiger charge is -2.26. The number of hydrogen-bond acceptors (Lipinski definition) is 2. The average Bonchev–Trinajstić information content (AvgIpc) is 3.78. The Morgan fingerprint density at radius 1 is 0.234 bits per heavy atom. The lowest BCUT2D eigenvalue weighted by molar-refractivity contribution is 0.632. The third kappa shape index (κ3) is 7.70. The van der Waals surface area contributed by atoms with E-state index < -0.39 is 0 Å². The number of anilines is 3. The van der Waals surface area contributed by atoms with Crippen LogP contribution in [-0.4, -0.2) is 0 Å². The van der Waals surface area contributed by atoms with Crippen LogP contribution in [0, 0.1) is 0 Å². The Morgan fingerprint density at radius 2 is 0.547 bits per heavy atom. The molecular weight excluding hydrogens is 775 g/mol. The SMILES string of the molecule is c1ccc(-c2ccc(-c3ccc(N(c4ccc(-c5cccc(-c6ccccc6)c5)cc4)c4ccc(-c5cccc(-c6oc7ccccc7c6-c6ccccc6)c5)cc4)cc3)cc2)cc1. The number of benzene rings is 10. The molecule has 0 fully saturated rings. The van der Waals surface area contributed by atoms with Gasteiger partial charge in [-0.1, -0.05) is 206 Å². The van der Waals surface area contributed by atoms with Crippen LogP contribution in [-0.2, 0) is 0 Å². The van der Waals surface area contributed by atoms with E-state index in [1.807, 2.05) is 12.1 Å². The van der Waals surface area contributed by atoms with Crippen LogP contribution in [0.25, 0.3) is 89.1 Å². The fourth-order valence-electron chi connectivity index (χ4n) is 8.83. The second-order valence-corrected chi connectivity index (χ2v) is 16.1. The highest BCUT2D eigenvalue weighted by Crippen LogP contribution is 2.43. The van der Waals surface area contributed by atoms with E-state index in [0.29, 0.717) is 0 Å². The van der Waals surface area contributed by atoms with Gasteiger partial charge < -0.3 is 9.32 Å². The predicted octanol–water partition coefficient (Wildman–Crippen LogP) is 17.6. The fourth-order valence-corrected chi connectivity index (χ4v) is 8.83. The van der Waals surface area contributed by atoms with Gasteiger partial charge in [-0.05, 0) is 116 Å². The molecule has 0 saturated carbocycles. The first-order chi connectivity index (χ1) is 31.7. The van der Waals surface area contributed by atoms with E-state index in [-0.39, 0.29) is 0 Å². The lowest BCUT2D eigenvalue weighted by atomic mass is 9.96. The summed E-state index contributed by atoms with van der Waals surface area (Å²) in [6.07, 6.45) is 0. The van der Waals surface area contributed by atoms with Crippen LogP contribution < -0.4 is 4.90 Å². The van der Waals surface area contributed by atoms with Gasteiger partial charge in [0, 0.05) is 33.6 Å². The van der Waals surface area contributed by atoms with Crippen LogP contribution in [0.4, 0.5) is 17.1 Å². The number of para-hydroxylation sites is 1. The minimum atomic E-state index is 0.878. The second kappa shape index (κ2) is 17.1. The Kier molecular flexibility index (Phi) is 10.3. The summed E-state index contributed by atoms with van der Waals surface area (Å²) < 4.78 is 6.60. The van der Waals surface area contributed by atoms with Gasteiger partial charge >= 0.3 is 0 Å². The molecule has 10 aromatic carbocycles. The molecule has 0 aliphatic rings. The minimum Gasteiger partial charge on any atom is -0.455 e. The highest BCUT2D eigenvalue weighted by Gasteiger charge is 2.19. The van der Waals surface area contributed by atoms with Crippen LogP contribution in [0.2, 0.25) is 0 Å². The Bertz CT molecular complexity index is 3320. The van der Waals surface area contributed by atoms with Crippen molar-refractivity contribution in [2.45, 2.75) is 0 Å². The molecule has 64 heavy (non-hydrogen) atoms. The van der Waals surface area contributed by atoms with Crippen LogP contribution in [0.15, 0.2) is 265 Å². The second-order valence-electron chi connectivity index (χ2n) is 16.1. The molecule has 1 aromatic heterocycles. The van der Waals surface area contributed by atoms with Crippen molar-refractivity contribution < 1.29 is 4.42 Å². The van der Waals surface area contributed by atoms with E-state index in [0.717, 1.165) is 61.6 Å². The standard InChI is InChI=1S/C62H43NO/c1-4-14-44(15-5-1)46-26-28-47(29-27-46)48-30-36-56(37-31-48)63(57-38-32-49(33-39-57)53-21-12-20-52(42-53)45-16-6-2-7-17-45)58-40-34-50(35-41-58)54-22-13-23-55(43-54)62-61(51-18-8-3-9-19-51)59-24-10-11-25-60(59)64-62/h1-43H. The molecule has 0 saturated heterocycles. The first-order valence-corrected chi connectivity index (χ1v) is 21.8. The van der Waals surface area contributed by atoms with Gasteiger partial charge in [0.2, 0.25) is 0 Å². The smallest absolute Gasteiger partial charge is 0.143 e. The third-order valence-electron chi connectivity index (χ3n) is 12.1. The normalized spacial score (nSPS) is 11.1. The van der Waals surface area contributed by atoms with E-state index in [2.05, 4.69) is 254 Å². The van der Waals surface area contributed by atoms with Gasteiger partial charge in [0.15, 0.2) is 0 Å². The van der Waals surface area contributed by atoms with Gasteiger partial charge in [-0.15, -0.1) is 0 Å². The summed E-state index contributed by atoms with van der Waals surface area (Å²) in [5, 5.41) is 1.11. The summed E-state index contributed by atoms with van der Waals surface area (Å²) >= 11 is 0. The molecule has 0 aliphatic heterocycles. The topological polar surface area (TPSA) is 16.4 Å². The molecule has 11 aromatic rings. The molecule has 0 radical (unpaired) electrons. The Hall–Kier alpha value is -8.46. The average molecular weight is 818 g/mol. The molecule has 0 amide bonds. The molecule has 11 rings (SSSR count). The van der Waals surface area contributed by atoms with Crippen molar-refractivity contribution >= 4 is 28.0 Å². The highest BCUT2D eigenvalue weighted by molar-refractivity contribution is 6.02. The maximum absolute atomic E-state index is 6.60. The molecule has 1 heterocycles. The molecular formula is C62H43NO. The molecule has 0 bridgehead atoms. The number of fused-ring (bicyclic) bond motifs is 1. The molecule has 2 nitrogen and oxygen atoms in total. The zero-order valence-electron chi connectivity index (χ0n) is 35.2. The van der Waals surface area contributed by atoms with Crippen molar-refractivity contribution in [1.82, 2.24) is 0 Å². The molecule has 2 heteroatoms. The van der Waals surface area contributed by atoms with Gasteiger partial charge in [-0.25, -0.2) is 0 Å². The first-order valence-electron chi connectivity index (χ1n) is 21.8. The van der Waals surface area contributed by atoms with E-state index in [9.17, 15) is 0 Å². The summed E-state index contributed by atoms with van der Waals surface area (Å²) in [7, 11) is 0. The maximum Gasteiger partial charge on any atom is 0.143 e. The van der Waals surface area contributed by atoms with Crippen molar-refractivity contribution in [3.05, 3.63) is 261 Å². The zero-order valence-corrected chi connectivity index (χ0v) is 35.2. The van der Waals surface area contributed by atoms with Crippen molar-refractivity contribution in [1.29, 1.82) is 0 Å². The Morgan fingerprint density at radius 3 is 1.02 bits per heavy atom. The predicted molar refractivity (Wildman–Crippen MR) is 269 cm³/mol. The summed E-state index contributed by atoms with van der Waals surface area (Å²) in [5.41, 5.74) is 19.2. The number of rotatable bonds is 10. The first kappa shape index (κ1) is 38.5. The quantitative estimate of drug-likeness (QED) is 0.137. The van der Waals surface area contributed by atoms with Gasteiger partial charge in [-0.2, -0.15) is 0 Å². The number of nitrogens with zero attached hydrogens (tertiary/aromatic N) is 1. The molecule has 0 aliphatic carbocycles. The van der Waals surface area contributed by atoms with Gasteiger partial charge in [0.25, 0.3) is 0 Å². The molecule has 0 spiro atoms. The fraction of sp³-hybridized carbons (Fsp3) is 0. The monoisotopic (exact) mass is 817 g/mol. The minimum absolute atomic E-state index is 0.878. The van der Waals surface area contributed by atoms with E-state index >= 15 is 0 Å². The lowest BCUT2D eigenvalue weighted by Crippen LogP contribution is -2.09. The van der Waals surface area contributed by atoms with E-state index in [1.165, 1.54) is 44.5 Å². The van der Waals surface area contributed by atoms with Crippen LogP contribution in [0.1, 0.15) is 0 Å². The summed E-state index contributed by atoms with van der Waals surface area (Å²) in [4.78, 5) is 2.34. The van der Waals surface area contributed by atoms with Crippen molar-refractivity contribution in [3.8, 4) is 78.1 Å². The Balaban J connectivity index is 0.934. The van der Waals surface area contributed by atoms with E-state index in [4.69, 9.17) is 4.42 Å². The van der Waals surface area contributed by atoms with Crippen LogP contribution in [0.5, 0.6) is 0 Å². The largest absolute Gasteiger partial charge is 0.455 e. The summed E-state index contributed by atoms with van der Waals surface area (Å²) in [6.45, 7) is 0. The Labute approximate surface area is 374 Å². The van der Waals surface area contributed by atoms with E-state index in [1.54, 1.807) is 0 Å². The zero-order chi connectivity index (χ0) is 42.7. The van der Waals surface area contributed by atoms with Crippen molar-refractivity contribution in [3.63, 3.8) is 0 Å². The van der Waals surface area contributed by atoms with Gasteiger partial charge in [0.1, 0.15) is 11.3 Å². The summed E-state index contributed by atoms with van der Waals surface area (Å²) in [5.74, 6) is 0.878. The molecule has 0 unspecified atom stereocenters. The van der Waals surface area contributed by atoms with Crippen molar-refractivity contribution in [2.75, 3.05) is 4.90 Å². The number of furan rings is 1. The maximum atomic E-state index is 6.60. The third-order valence-corrected chi connectivity index (χ3v) is 12.1. The van der Waals surface area contributed by atoms with Crippen molar-refractivity contribution in [2.24, 2.45) is 0 Å². The van der Waals surface area contributed by atoms with Gasteiger partial charge in [0.05, 0.1) is 0 Å². The van der Waals surface area contributed by atoms with Crippen LogP contribution in [0.3, 0.4) is 0 Å². The molecule has 0 N–H and O–H groups in total. The highest BCUT2D eigenvalue weighted by atomic mass is 16.3. The van der Waals surface area contributed by atoms with Gasteiger partial charge in [-0.3, -0.25) is 0 Å². The summed E-state index contributed by atoms with van der Waals surface area (Å²) in [6, 6.07) is 93.0. The molecule has 302 valence electrons. The number of hydrogen-bond donors (Lipinski definition) is 0. The van der Waals surface area contributed by atoms with Crippen LogP contribution >= 0.6 is 0 Å². The molecule has 0 atom stereocenters.